The molecule has 3 rings (SSSR count). The van der Waals surface area contributed by atoms with Gasteiger partial charge in [-0.3, -0.25) is 4.79 Å². The van der Waals surface area contributed by atoms with Crippen LogP contribution in [0.25, 0.3) is 0 Å². The molecule has 1 N–H and O–H groups in total. The van der Waals surface area contributed by atoms with Crippen LogP contribution in [0.1, 0.15) is 54.7 Å². The number of halogens is 1. The van der Waals surface area contributed by atoms with E-state index in [2.05, 4.69) is 50.4 Å². The van der Waals surface area contributed by atoms with Crippen molar-refractivity contribution in [2.24, 2.45) is 0 Å². The number of carbonyl (C=O) groups excluding carboxylic acids is 1. The van der Waals surface area contributed by atoms with Crippen molar-refractivity contribution in [3.05, 3.63) is 101 Å². The molecule has 0 amide bonds. The molecule has 0 unspecified atom stereocenters. The maximum absolute atomic E-state index is 13.3. The standard InChI is InChI=1S/C25H26FNO/c1-25(2,3)20-11-9-18(10-12-20)23(27-22-15-13-21(26)14-16-22)17-24(28)19-7-5-4-6-8-19/h4-16,23,27H,17H2,1-3H3/t23-/m1/s1. The third-order valence-corrected chi connectivity index (χ3v) is 4.85. The third-order valence-electron chi connectivity index (χ3n) is 4.85. The van der Waals surface area contributed by atoms with Gasteiger partial charge < -0.3 is 5.32 Å². The first kappa shape index (κ1) is 19.8. The molecule has 144 valence electrons. The molecular formula is C25H26FNO. The maximum atomic E-state index is 13.3. The van der Waals surface area contributed by atoms with E-state index in [1.807, 2.05) is 30.3 Å². The van der Waals surface area contributed by atoms with Crippen LogP contribution in [0.2, 0.25) is 0 Å². The van der Waals surface area contributed by atoms with Gasteiger partial charge in [-0.15, -0.1) is 0 Å². The summed E-state index contributed by atoms with van der Waals surface area (Å²) < 4.78 is 13.3. The number of Topliss-reactive ketones (excluding diaryl/α,β-unsaturated/α-hetero) is 1. The lowest BCUT2D eigenvalue weighted by Crippen LogP contribution is -2.17. The molecule has 0 aliphatic heterocycles. The summed E-state index contributed by atoms with van der Waals surface area (Å²) in [6, 6.07) is 23.7. The first-order valence-corrected chi connectivity index (χ1v) is 9.54. The van der Waals surface area contributed by atoms with Gasteiger partial charge in [-0.1, -0.05) is 75.4 Å². The van der Waals surface area contributed by atoms with Crippen molar-refractivity contribution in [3.63, 3.8) is 0 Å². The van der Waals surface area contributed by atoms with Gasteiger partial charge in [0.2, 0.25) is 0 Å². The van der Waals surface area contributed by atoms with Gasteiger partial charge in [0.25, 0.3) is 0 Å². The molecule has 0 bridgehead atoms. The van der Waals surface area contributed by atoms with Crippen molar-refractivity contribution in [1.29, 1.82) is 0 Å². The number of hydrogen-bond donors (Lipinski definition) is 1. The summed E-state index contributed by atoms with van der Waals surface area (Å²) in [5, 5.41) is 3.39. The van der Waals surface area contributed by atoms with E-state index in [0.29, 0.717) is 12.0 Å². The molecular weight excluding hydrogens is 349 g/mol. The molecule has 0 spiro atoms. The number of anilines is 1. The zero-order valence-electron chi connectivity index (χ0n) is 16.6. The number of benzene rings is 3. The molecule has 2 nitrogen and oxygen atoms in total. The molecule has 0 fully saturated rings. The molecule has 0 heterocycles. The van der Waals surface area contributed by atoms with Crippen molar-refractivity contribution >= 4 is 11.5 Å². The Morgan fingerprint density at radius 1 is 0.893 bits per heavy atom. The van der Waals surface area contributed by atoms with E-state index in [1.165, 1.54) is 17.7 Å². The molecule has 0 saturated carbocycles. The molecule has 0 aromatic heterocycles. The average Bonchev–Trinajstić information content (AvgIpc) is 2.69. The van der Waals surface area contributed by atoms with Crippen LogP contribution in [0.4, 0.5) is 10.1 Å². The van der Waals surface area contributed by atoms with Crippen LogP contribution in [0.5, 0.6) is 0 Å². The molecule has 28 heavy (non-hydrogen) atoms. The Hall–Kier alpha value is -2.94. The van der Waals surface area contributed by atoms with Gasteiger partial charge in [0.1, 0.15) is 5.82 Å². The van der Waals surface area contributed by atoms with Gasteiger partial charge in [0.05, 0.1) is 6.04 Å². The summed E-state index contributed by atoms with van der Waals surface area (Å²) in [6.07, 6.45) is 0.316. The summed E-state index contributed by atoms with van der Waals surface area (Å²) in [5.74, 6) is -0.211. The van der Waals surface area contributed by atoms with E-state index in [0.717, 1.165) is 11.3 Å². The molecule has 3 aromatic carbocycles. The van der Waals surface area contributed by atoms with Gasteiger partial charge in [0, 0.05) is 17.7 Å². The van der Waals surface area contributed by atoms with Crippen molar-refractivity contribution < 1.29 is 9.18 Å². The van der Waals surface area contributed by atoms with Crippen LogP contribution in [0.15, 0.2) is 78.9 Å². The third kappa shape index (κ3) is 5.07. The second-order valence-corrected chi connectivity index (χ2v) is 8.07. The van der Waals surface area contributed by atoms with Crippen molar-refractivity contribution in [2.45, 2.75) is 38.6 Å². The van der Waals surface area contributed by atoms with E-state index >= 15 is 0 Å². The zero-order valence-corrected chi connectivity index (χ0v) is 16.6. The van der Waals surface area contributed by atoms with Crippen LogP contribution in [0.3, 0.4) is 0 Å². The fourth-order valence-corrected chi connectivity index (χ4v) is 3.14. The predicted molar refractivity (Wildman–Crippen MR) is 113 cm³/mol. The average molecular weight is 375 g/mol. The maximum Gasteiger partial charge on any atom is 0.165 e. The van der Waals surface area contributed by atoms with Crippen LogP contribution in [0, 0.1) is 5.82 Å². The van der Waals surface area contributed by atoms with E-state index in [4.69, 9.17) is 0 Å². The van der Waals surface area contributed by atoms with Crippen LogP contribution in [-0.4, -0.2) is 5.78 Å². The van der Waals surface area contributed by atoms with E-state index in [-0.39, 0.29) is 23.1 Å². The second kappa shape index (κ2) is 8.39. The monoisotopic (exact) mass is 375 g/mol. The smallest absolute Gasteiger partial charge is 0.165 e. The molecule has 3 heteroatoms. The fourth-order valence-electron chi connectivity index (χ4n) is 3.14. The Kier molecular flexibility index (Phi) is 5.93. The minimum atomic E-state index is -0.281. The molecule has 1 atom stereocenters. The quantitative estimate of drug-likeness (QED) is 0.495. The van der Waals surface area contributed by atoms with Gasteiger partial charge in [-0.05, 0) is 40.8 Å². The van der Waals surface area contributed by atoms with Gasteiger partial charge >= 0.3 is 0 Å². The number of nitrogens with one attached hydrogen (secondary N) is 1. The van der Waals surface area contributed by atoms with Gasteiger partial charge in [-0.25, -0.2) is 4.39 Å². The van der Waals surface area contributed by atoms with E-state index in [1.54, 1.807) is 12.1 Å². The summed E-state index contributed by atoms with van der Waals surface area (Å²) in [5.41, 5.74) is 3.82. The Labute approximate surface area is 166 Å². The molecule has 3 aromatic rings. The lowest BCUT2D eigenvalue weighted by atomic mass is 9.86. The van der Waals surface area contributed by atoms with Gasteiger partial charge in [-0.2, -0.15) is 0 Å². The highest BCUT2D eigenvalue weighted by molar-refractivity contribution is 5.96. The van der Waals surface area contributed by atoms with Crippen molar-refractivity contribution in [1.82, 2.24) is 0 Å². The van der Waals surface area contributed by atoms with Crippen molar-refractivity contribution in [2.75, 3.05) is 5.32 Å². The SMILES string of the molecule is CC(C)(C)c1ccc([C@@H](CC(=O)c2ccccc2)Nc2ccc(F)cc2)cc1. The first-order chi connectivity index (χ1) is 13.3. The van der Waals surface area contributed by atoms with Crippen LogP contribution < -0.4 is 5.32 Å². The summed E-state index contributed by atoms with van der Waals surface area (Å²) >= 11 is 0. The normalized spacial score (nSPS) is 12.4. The zero-order chi connectivity index (χ0) is 20.1. The van der Waals surface area contributed by atoms with Crippen LogP contribution in [-0.2, 0) is 5.41 Å². The highest BCUT2D eigenvalue weighted by atomic mass is 19.1. The molecule has 0 radical (unpaired) electrons. The summed E-state index contributed by atoms with van der Waals surface area (Å²) in [6.45, 7) is 6.53. The summed E-state index contributed by atoms with van der Waals surface area (Å²) in [4.78, 5) is 12.8. The Balaban J connectivity index is 1.87. The number of rotatable bonds is 6. The first-order valence-electron chi connectivity index (χ1n) is 9.54. The Bertz CT molecular complexity index is 910. The topological polar surface area (TPSA) is 29.1 Å². The second-order valence-electron chi connectivity index (χ2n) is 8.07. The lowest BCUT2D eigenvalue weighted by Gasteiger charge is -2.23. The molecule has 0 saturated heterocycles. The largest absolute Gasteiger partial charge is 0.378 e. The minimum absolute atomic E-state index is 0.0677. The van der Waals surface area contributed by atoms with Crippen LogP contribution >= 0.6 is 0 Å². The molecule has 0 aliphatic carbocycles. The Morgan fingerprint density at radius 2 is 1.50 bits per heavy atom. The fraction of sp³-hybridized carbons (Fsp3) is 0.240. The lowest BCUT2D eigenvalue weighted by molar-refractivity contribution is 0.0976. The van der Waals surface area contributed by atoms with E-state index < -0.39 is 0 Å². The highest BCUT2D eigenvalue weighted by Crippen LogP contribution is 2.28. The van der Waals surface area contributed by atoms with E-state index in [9.17, 15) is 9.18 Å². The predicted octanol–water partition coefficient (Wildman–Crippen LogP) is 6.55. The number of hydrogen-bond acceptors (Lipinski definition) is 2. The number of ketones is 1. The Morgan fingerprint density at radius 3 is 2.07 bits per heavy atom. The van der Waals surface area contributed by atoms with Gasteiger partial charge in [0.15, 0.2) is 5.78 Å². The van der Waals surface area contributed by atoms with Crippen molar-refractivity contribution in [3.8, 4) is 0 Å². The highest BCUT2D eigenvalue weighted by Gasteiger charge is 2.19. The molecule has 0 aliphatic rings. The number of carbonyl (C=O) groups is 1. The minimum Gasteiger partial charge on any atom is -0.378 e. The summed E-state index contributed by atoms with van der Waals surface area (Å²) in [7, 11) is 0.